The SMILES string of the molecule is COCCN(CC(C)C)S(=O)(=O)c1cnc[nH]1. The van der Waals surface area contributed by atoms with Gasteiger partial charge in [-0.2, -0.15) is 4.31 Å². The fraction of sp³-hybridized carbons (Fsp3) is 0.700. The maximum absolute atomic E-state index is 12.2. The minimum Gasteiger partial charge on any atom is -0.383 e. The van der Waals surface area contributed by atoms with E-state index in [1.807, 2.05) is 13.8 Å². The van der Waals surface area contributed by atoms with Gasteiger partial charge in [0.1, 0.15) is 0 Å². The maximum atomic E-state index is 12.2. The first-order valence-electron chi connectivity index (χ1n) is 5.46. The number of nitrogens with zero attached hydrogens (tertiary/aromatic N) is 2. The highest BCUT2D eigenvalue weighted by molar-refractivity contribution is 7.89. The summed E-state index contributed by atoms with van der Waals surface area (Å²) in [5, 5.41) is 0.120. The molecule has 0 aromatic carbocycles. The lowest BCUT2D eigenvalue weighted by molar-refractivity contribution is 0.175. The molecule has 0 saturated heterocycles. The molecular weight excluding hydrogens is 242 g/mol. The molecule has 0 radical (unpaired) electrons. The quantitative estimate of drug-likeness (QED) is 0.784. The molecule has 0 saturated carbocycles. The normalized spacial score (nSPS) is 12.5. The molecule has 0 aliphatic rings. The van der Waals surface area contributed by atoms with Crippen LogP contribution in [0.2, 0.25) is 0 Å². The van der Waals surface area contributed by atoms with Crippen molar-refractivity contribution in [1.82, 2.24) is 14.3 Å². The molecule has 0 aliphatic heterocycles. The van der Waals surface area contributed by atoms with Gasteiger partial charge in [0.2, 0.25) is 0 Å². The van der Waals surface area contributed by atoms with Crippen molar-refractivity contribution in [2.75, 3.05) is 26.8 Å². The topological polar surface area (TPSA) is 75.3 Å². The van der Waals surface area contributed by atoms with Crippen LogP contribution in [0.5, 0.6) is 0 Å². The van der Waals surface area contributed by atoms with Gasteiger partial charge >= 0.3 is 0 Å². The predicted octanol–water partition coefficient (Wildman–Crippen LogP) is 0.703. The highest BCUT2D eigenvalue weighted by Crippen LogP contribution is 2.13. The van der Waals surface area contributed by atoms with Gasteiger partial charge in [-0.15, -0.1) is 0 Å². The number of aromatic nitrogens is 2. The third-order valence-corrected chi connectivity index (χ3v) is 4.00. The lowest BCUT2D eigenvalue weighted by Gasteiger charge is -2.22. The van der Waals surface area contributed by atoms with Gasteiger partial charge in [0.25, 0.3) is 10.0 Å². The molecule has 98 valence electrons. The minimum atomic E-state index is -3.49. The Labute approximate surface area is 102 Å². The molecule has 0 atom stereocenters. The van der Waals surface area contributed by atoms with Gasteiger partial charge < -0.3 is 9.72 Å². The third kappa shape index (κ3) is 3.79. The highest BCUT2D eigenvalue weighted by atomic mass is 32.2. The summed E-state index contributed by atoms with van der Waals surface area (Å²) in [6, 6.07) is 0. The first-order chi connectivity index (χ1) is 7.98. The molecule has 0 unspecified atom stereocenters. The van der Waals surface area contributed by atoms with Gasteiger partial charge in [0, 0.05) is 20.2 Å². The van der Waals surface area contributed by atoms with Gasteiger partial charge in [-0.05, 0) is 5.92 Å². The summed E-state index contributed by atoms with van der Waals surface area (Å²) in [4.78, 5) is 6.36. The first-order valence-corrected chi connectivity index (χ1v) is 6.90. The zero-order chi connectivity index (χ0) is 12.9. The van der Waals surface area contributed by atoms with Gasteiger partial charge in [-0.3, -0.25) is 0 Å². The number of ether oxygens (including phenoxy) is 1. The van der Waals surface area contributed by atoms with Crippen LogP contribution < -0.4 is 0 Å². The summed E-state index contributed by atoms with van der Waals surface area (Å²) in [5.74, 6) is 0.254. The second-order valence-electron chi connectivity index (χ2n) is 4.17. The number of nitrogens with one attached hydrogen (secondary N) is 1. The van der Waals surface area contributed by atoms with Gasteiger partial charge in [-0.1, -0.05) is 13.8 Å². The average Bonchev–Trinajstić information content (AvgIpc) is 2.77. The molecule has 17 heavy (non-hydrogen) atoms. The molecule has 1 rings (SSSR count). The largest absolute Gasteiger partial charge is 0.383 e. The Bertz CT molecular complexity index is 414. The summed E-state index contributed by atoms with van der Waals surface area (Å²) < 4.78 is 30.8. The van der Waals surface area contributed by atoms with Crippen LogP contribution in [0.4, 0.5) is 0 Å². The van der Waals surface area contributed by atoms with Crippen LogP contribution in [0.25, 0.3) is 0 Å². The van der Waals surface area contributed by atoms with E-state index in [9.17, 15) is 8.42 Å². The van der Waals surface area contributed by atoms with Crippen LogP contribution in [-0.4, -0.2) is 49.5 Å². The number of hydrogen-bond donors (Lipinski definition) is 1. The minimum absolute atomic E-state index is 0.120. The zero-order valence-electron chi connectivity index (χ0n) is 10.4. The molecule has 1 heterocycles. The van der Waals surface area contributed by atoms with Crippen molar-refractivity contribution in [3.05, 3.63) is 12.5 Å². The van der Waals surface area contributed by atoms with E-state index in [4.69, 9.17) is 4.74 Å². The fourth-order valence-electron chi connectivity index (χ4n) is 1.43. The predicted molar refractivity (Wildman–Crippen MR) is 64.1 cm³/mol. The number of aromatic amines is 1. The molecule has 0 spiro atoms. The third-order valence-electron chi connectivity index (χ3n) is 2.20. The Morgan fingerprint density at radius 2 is 2.24 bits per heavy atom. The molecular formula is C10H19N3O3S. The van der Waals surface area contributed by atoms with E-state index in [2.05, 4.69) is 9.97 Å². The average molecular weight is 261 g/mol. The van der Waals surface area contributed by atoms with Gasteiger partial charge in [0.15, 0.2) is 5.03 Å². The van der Waals surface area contributed by atoms with Crippen LogP contribution in [0.15, 0.2) is 17.6 Å². The molecule has 1 aromatic heterocycles. The fourth-order valence-corrected chi connectivity index (χ4v) is 2.92. The Hall–Kier alpha value is -0.920. The Morgan fingerprint density at radius 1 is 1.53 bits per heavy atom. The number of rotatable bonds is 7. The zero-order valence-corrected chi connectivity index (χ0v) is 11.2. The standard InChI is InChI=1S/C10H19N3O3S/c1-9(2)7-13(4-5-16-3)17(14,15)10-6-11-8-12-10/h6,8-9H,4-5,7H2,1-3H3,(H,11,12). The molecule has 0 fully saturated rings. The molecule has 0 bridgehead atoms. The van der Waals surface area contributed by atoms with Crippen molar-refractivity contribution >= 4 is 10.0 Å². The van der Waals surface area contributed by atoms with E-state index < -0.39 is 10.0 Å². The van der Waals surface area contributed by atoms with Gasteiger partial charge in [-0.25, -0.2) is 13.4 Å². The first kappa shape index (κ1) is 14.1. The van der Waals surface area contributed by atoms with E-state index >= 15 is 0 Å². The summed E-state index contributed by atoms with van der Waals surface area (Å²) in [7, 11) is -1.94. The Kier molecular flexibility index (Phi) is 5.10. The number of imidazole rings is 1. The highest BCUT2D eigenvalue weighted by Gasteiger charge is 2.25. The van der Waals surface area contributed by atoms with E-state index in [0.29, 0.717) is 19.7 Å². The molecule has 0 aliphatic carbocycles. The van der Waals surface area contributed by atoms with Crippen molar-refractivity contribution in [1.29, 1.82) is 0 Å². The van der Waals surface area contributed by atoms with E-state index in [0.717, 1.165) is 0 Å². The number of H-pyrrole nitrogens is 1. The summed E-state index contributed by atoms with van der Waals surface area (Å²) >= 11 is 0. The van der Waals surface area contributed by atoms with Crippen LogP contribution >= 0.6 is 0 Å². The Morgan fingerprint density at radius 3 is 2.71 bits per heavy atom. The molecule has 6 nitrogen and oxygen atoms in total. The maximum Gasteiger partial charge on any atom is 0.260 e. The lowest BCUT2D eigenvalue weighted by Crippen LogP contribution is -2.36. The second kappa shape index (κ2) is 6.13. The van der Waals surface area contributed by atoms with Crippen LogP contribution in [-0.2, 0) is 14.8 Å². The van der Waals surface area contributed by atoms with Crippen molar-refractivity contribution in [2.24, 2.45) is 5.92 Å². The van der Waals surface area contributed by atoms with E-state index in [-0.39, 0.29) is 10.9 Å². The second-order valence-corrected chi connectivity index (χ2v) is 6.07. The van der Waals surface area contributed by atoms with E-state index in [1.165, 1.54) is 16.8 Å². The molecule has 1 N–H and O–H groups in total. The van der Waals surface area contributed by atoms with Crippen molar-refractivity contribution in [3.63, 3.8) is 0 Å². The Balaban J connectivity index is 2.88. The van der Waals surface area contributed by atoms with E-state index in [1.54, 1.807) is 7.11 Å². The monoisotopic (exact) mass is 261 g/mol. The molecule has 7 heteroatoms. The summed E-state index contributed by atoms with van der Waals surface area (Å²) in [6.07, 6.45) is 2.67. The number of methoxy groups -OCH3 is 1. The van der Waals surface area contributed by atoms with Crippen LogP contribution in [0.3, 0.4) is 0 Å². The smallest absolute Gasteiger partial charge is 0.260 e. The van der Waals surface area contributed by atoms with Crippen molar-refractivity contribution in [2.45, 2.75) is 18.9 Å². The van der Waals surface area contributed by atoms with Crippen LogP contribution in [0.1, 0.15) is 13.8 Å². The summed E-state index contributed by atoms with van der Waals surface area (Å²) in [6.45, 7) is 5.13. The number of sulfonamides is 1. The number of hydrogen-bond acceptors (Lipinski definition) is 4. The van der Waals surface area contributed by atoms with Crippen molar-refractivity contribution in [3.8, 4) is 0 Å². The van der Waals surface area contributed by atoms with Crippen LogP contribution in [0, 0.1) is 5.92 Å². The van der Waals surface area contributed by atoms with Gasteiger partial charge in [0.05, 0.1) is 19.1 Å². The summed E-state index contributed by atoms with van der Waals surface area (Å²) in [5.41, 5.74) is 0. The molecule has 1 aromatic rings. The van der Waals surface area contributed by atoms with Crippen molar-refractivity contribution < 1.29 is 13.2 Å². The lowest BCUT2D eigenvalue weighted by atomic mass is 10.2. The molecule has 0 amide bonds.